The largest absolute Gasteiger partial charge is 0.475 e. The van der Waals surface area contributed by atoms with Crippen LogP contribution in [0.4, 0.5) is 13.6 Å². The number of amides is 2. The second kappa shape index (κ2) is 7.54. The van der Waals surface area contributed by atoms with E-state index in [0.29, 0.717) is 5.88 Å². The molecule has 0 bridgehead atoms. The lowest BCUT2D eigenvalue weighted by Crippen LogP contribution is -2.45. The maximum Gasteiger partial charge on any atom is 0.317 e. The van der Waals surface area contributed by atoms with Gasteiger partial charge in [0, 0.05) is 25.4 Å². The summed E-state index contributed by atoms with van der Waals surface area (Å²) in [7, 11) is 0. The first-order chi connectivity index (χ1) is 10.9. The van der Waals surface area contributed by atoms with E-state index in [1.807, 2.05) is 13.8 Å². The molecule has 0 saturated carbocycles. The van der Waals surface area contributed by atoms with Gasteiger partial charge in [0.15, 0.2) is 0 Å². The average molecular weight is 329 g/mol. The predicted molar refractivity (Wildman–Crippen MR) is 79.6 cm³/mol. The average Bonchev–Trinajstić information content (AvgIpc) is 2.65. The van der Waals surface area contributed by atoms with E-state index in [-0.39, 0.29) is 25.8 Å². The molecule has 0 aromatic carbocycles. The predicted octanol–water partition coefficient (Wildman–Crippen LogP) is 2.05. The number of nitrogens with zero attached hydrogens (tertiary/aromatic N) is 2. The van der Waals surface area contributed by atoms with Crippen molar-refractivity contribution in [2.24, 2.45) is 0 Å². The Balaban J connectivity index is 1.91. The number of ether oxygens (including phenoxy) is 2. The highest BCUT2D eigenvalue weighted by Gasteiger charge is 2.36. The van der Waals surface area contributed by atoms with Crippen molar-refractivity contribution < 1.29 is 23.0 Å². The van der Waals surface area contributed by atoms with Gasteiger partial charge >= 0.3 is 6.03 Å². The molecule has 1 aliphatic rings. The number of carbonyl (C=O) groups excluding carboxylic acids is 1. The number of aromatic nitrogens is 1. The molecule has 8 heteroatoms. The Morgan fingerprint density at radius 1 is 1.57 bits per heavy atom. The van der Waals surface area contributed by atoms with Gasteiger partial charge in [0.1, 0.15) is 6.61 Å². The molecule has 128 valence electrons. The molecular weight excluding hydrogens is 308 g/mol. The third-order valence-corrected chi connectivity index (χ3v) is 3.13. The fourth-order valence-corrected chi connectivity index (χ4v) is 2.13. The van der Waals surface area contributed by atoms with Gasteiger partial charge in [-0.3, -0.25) is 0 Å². The van der Waals surface area contributed by atoms with Crippen LogP contribution in [0.3, 0.4) is 0 Å². The standard InChI is InChI=1S/C15H21F2N3O3/c1-11(2)23-13-7-12(3-4-18-13)8-19-14(21)20-5-6-22-10-15(16,17)9-20/h3-4,7,11H,5-6,8-10H2,1-2H3,(H,19,21). The SMILES string of the molecule is CC(C)Oc1cc(CNC(=O)N2CCOCC(F)(F)C2)ccn1. The Kier molecular flexibility index (Phi) is 5.70. The first-order valence-electron chi connectivity index (χ1n) is 7.46. The molecular formula is C15H21F2N3O3. The highest BCUT2D eigenvalue weighted by Crippen LogP contribution is 2.18. The van der Waals surface area contributed by atoms with Crippen LogP contribution < -0.4 is 10.1 Å². The van der Waals surface area contributed by atoms with Crippen LogP contribution in [0.15, 0.2) is 18.3 Å². The van der Waals surface area contributed by atoms with Gasteiger partial charge in [0.25, 0.3) is 5.92 Å². The van der Waals surface area contributed by atoms with Crippen LogP contribution in [0.2, 0.25) is 0 Å². The second-order valence-corrected chi connectivity index (χ2v) is 5.66. The molecule has 1 saturated heterocycles. The number of halogens is 2. The summed E-state index contributed by atoms with van der Waals surface area (Å²) in [5.74, 6) is -2.57. The minimum Gasteiger partial charge on any atom is -0.475 e. The fraction of sp³-hybridized carbons (Fsp3) is 0.600. The lowest BCUT2D eigenvalue weighted by Gasteiger charge is -2.23. The lowest BCUT2D eigenvalue weighted by molar-refractivity contribution is -0.0652. The summed E-state index contributed by atoms with van der Waals surface area (Å²) >= 11 is 0. The number of alkyl halides is 2. The molecule has 0 radical (unpaired) electrons. The van der Waals surface area contributed by atoms with Crippen LogP contribution in [0, 0.1) is 0 Å². The van der Waals surface area contributed by atoms with E-state index in [4.69, 9.17) is 9.47 Å². The summed E-state index contributed by atoms with van der Waals surface area (Å²) < 4.78 is 37.2. The van der Waals surface area contributed by atoms with E-state index in [2.05, 4.69) is 10.3 Å². The zero-order chi connectivity index (χ0) is 16.9. The monoisotopic (exact) mass is 329 g/mol. The smallest absolute Gasteiger partial charge is 0.317 e. The number of nitrogens with one attached hydrogen (secondary N) is 1. The van der Waals surface area contributed by atoms with Crippen LogP contribution in [-0.4, -0.2) is 54.2 Å². The fourth-order valence-electron chi connectivity index (χ4n) is 2.13. The number of rotatable bonds is 4. The quantitative estimate of drug-likeness (QED) is 0.918. The zero-order valence-corrected chi connectivity index (χ0v) is 13.2. The minimum atomic E-state index is -3.03. The van der Waals surface area contributed by atoms with Crippen LogP contribution in [-0.2, 0) is 11.3 Å². The molecule has 23 heavy (non-hydrogen) atoms. The van der Waals surface area contributed by atoms with Gasteiger partial charge in [-0.1, -0.05) is 0 Å². The molecule has 2 rings (SSSR count). The van der Waals surface area contributed by atoms with Gasteiger partial charge in [-0.15, -0.1) is 0 Å². The zero-order valence-electron chi connectivity index (χ0n) is 13.2. The molecule has 1 aromatic rings. The number of hydrogen-bond donors (Lipinski definition) is 1. The summed E-state index contributed by atoms with van der Waals surface area (Å²) in [5, 5.41) is 2.63. The highest BCUT2D eigenvalue weighted by atomic mass is 19.3. The van der Waals surface area contributed by atoms with Crippen molar-refractivity contribution in [3.8, 4) is 5.88 Å². The Morgan fingerprint density at radius 3 is 3.09 bits per heavy atom. The minimum absolute atomic E-state index is 0.00771. The molecule has 1 fully saturated rings. The van der Waals surface area contributed by atoms with Gasteiger partial charge in [0.05, 0.1) is 19.3 Å². The van der Waals surface area contributed by atoms with Gasteiger partial charge < -0.3 is 19.7 Å². The normalized spacial score (nSPS) is 17.7. The molecule has 0 atom stereocenters. The molecule has 0 aliphatic carbocycles. The van der Waals surface area contributed by atoms with Crippen molar-refractivity contribution in [1.29, 1.82) is 0 Å². The first-order valence-corrected chi connectivity index (χ1v) is 7.46. The van der Waals surface area contributed by atoms with E-state index in [1.165, 1.54) is 0 Å². The van der Waals surface area contributed by atoms with Crippen LogP contribution >= 0.6 is 0 Å². The van der Waals surface area contributed by atoms with E-state index in [9.17, 15) is 13.6 Å². The maximum absolute atomic E-state index is 13.4. The molecule has 1 aliphatic heterocycles. The van der Waals surface area contributed by atoms with Gasteiger partial charge in [-0.05, 0) is 25.5 Å². The molecule has 1 aromatic heterocycles. The van der Waals surface area contributed by atoms with Crippen molar-refractivity contribution in [2.75, 3.05) is 26.3 Å². The lowest BCUT2D eigenvalue weighted by atomic mass is 10.2. The summed E-state index contributed by atoms with van der Waals surface area (Å²) in [6, 6.07) is 2.90. The van der Waals surface area contributed by atoms with Gasteiger partial charge in [-0.25, -0.2) is 18.6 Å². The number of urea groups is 1. The molecule has 0 spiro atoms. The molecule has 1 N–H and O–H groups in total. The van der Waals surface area contributed by atoms with E-state index in [0.717, 1.165) is 10.5 Å². The Bertz CT molecular complexity index is 540. The van der Waals surface area contributed by atoms with Crippen molar-refractivity contribution in [3.05, 3.63) is 23.9 Å². The van der Waals surface area contributed by atoms with Crippen molar-refractivity contribution in [2.45, 2.75) is 32.4 Å². The summed E-state index contributed by atoms with van der Waals surface area (Å²) in [6.07, 6.45) is 1.57. The maximum atomic E-state index is 13.4. The van der Waals surface area contributed by atoms with Crippen LogP contribution in [0.1, 0.15) is 19.4 Å². The number of hydrogen-bond acceptors (Lipinski definition) is 4. The molecule has 6 nitrogen and oxygen atoms in total. The van der Waals surface area contributed by atoms with Crippen molar-refractivity contribution in [1.82, 2.24) is 15.2 Å². The van der Waals surface area contributed by atoms with E-state index >= 15 is 0 Å². The van der Waals surface area contributed by atoms with E-state index in [1.54, 1.807) is 18.3 Å². The summed E-state index contributed by atoms with van der Waals surface area (Å²) in [6.45, 7) is 2.92. The second-order valence-electron chi connectivity index (χ2n) is 5.66. The summed E-state index contributed by atoms with van der Waals surface area (Å²) in [5.41, 5.74) is 0.779. The summed E-state index contributed by atoms with van der Waals surface area (Å²) in [4.78, 5) is 17.2. The topological polar surface area (TPSA) is 63.7 Å². The molecule has 2 amide bonds. The number of pyridine rings is 1. The molecule has 2 heterocycles. The molecule has 0 unspecified atom stereocenters. The van der Waals surface area contributed by atoms with Crippen LogP contribution in [0.25, 0.3) is 0 Å². The Hall–Kier alpha value is -1.96. The first kappa shape index (κ1) is 17.4. The Labute approximate surface area is 133 Å². The van der Waals surface area contributed by atoms with Gasteiger partial charge in [0.2, 0.25) is 5.88 Å². The van der Waals surface area contributed by atoms with Crippen LogP contribution in [0.5, 0.6) is 5.88 Å². The number of carbonyl (C=O) groups is 1. The highest BCUT2D eigenvalue weighted by molar-refractivity contribution is 5.74. The van der Waals surface area contributed by atoms with E-state index < -0.39 is 25.1 Å². The van der Waals surface area contributed by atoms with Crippen molar-refractivity contribution >= 4 is 6.03 Å². The third kappa shape index (κ3) is 5.63. The Morgan fingerprint density at radius 2 is 2.35 bits per heavy atom. The van der Waals surface area contributed by atoms with Crippen molar-refractivity contribution in [3.63, 3.8) is 0 Å². The third-order valence-electron chi connectivity index (χ3n) is 3.13. The van der Waals surface area contributed by atoms with Gasteiger partial charge in [-0.2, -0.15) is 0 Å².